The average molecular weight is 368 g/mol. The fourth-order valence-electron chi connectivity index (χ4n) is 3.02. The Morgan fingerprint density at radius 3 is 2.85 bits per heavy atom. The number of carbonyl (C=O) groups is 2. The summed E-state index contributed by atoms with van der Waals surface area (Å²) < 4.78 is 3.79. The summed E-state index contributed by atoms with van der Waals surface area (Å²) in [6.45, 7) is 5.81. The molecule has 3 aromatic heterocycles. The van der Waals surface area contributed by atoms with E-state index in [1.807, 2.05) is 35.1 Å². The third-order valence-electron chi connectivity index (χ3n) is 4.44. The fraction of sp³-hybridized carbons (Fsp3) is 0.368. The van der Waals surface area contributed by atoms with Crippen molar-refractivity contribution < 1.29 is 9.59 Å². The van der Waals surface area contributed by atoms with Gasteiger partial charge in [0, 0.05) is 38.2 Å². The second kappa shape index (κ2) is 8.48. The van der Waals surface area contributed by atoms with Crippen LogP contribution in [0.4, 0.5) is 5.82 Å². The van der Waals surface area contributed by atoms with Crippen molar-refractivity contribution in [1.29, 1.82) is 0 Å². The fourth-order valence-corrected chi connectivity index (χ4v) is 3.02. The summed E-state index contributed by atoms with van der Waals surface area (Å²) in [7, 11) is 0. The Morgan fingerprint density at radius 1 is 1.33 bits per heavy atom. The summed E-state index contributed by atoms with van der Waals surface area (Å²) in [5.74, 6) is 0.578. The van der Waals surface area contributed by atoms with Crippen LogP contribution in [0, 0.1) is 0 Å². The van der Waals surface area contributed by atoms with Gasteiger partial charge in [-0.05, 0) is 31.9 Å². The van der Waals surface area contributed by atoms with Crippen LogP contribution in [-0.2, 0) is 17.8 Å². The maximum Gasteiger partial charge on any atom is 0.252 e. The van der Waals surface area contributed by atoms with Gasteiger partial charge in [0.05, 0.1) is 17.6 Å². The number of rotatable bonds is 9. The standard InChI is InChI=1S/C19H24N6O2/c1-3-16-19(24(4-2)14-26)25-12-15(6-7-17(25)22-16)18(27)21-8-5-10-23-11-9-20-13-23/h6-7,9,11-14H,3-5,8,10H2,1-2H3,(H,21,27). The Bertz CT molecular complexity index is 916. The van der Waals surface area contributed by atoms with Crippen LogP contribution in [0.3, 0.4) is 0 Å². The minimum Gasteiger partial charge on any atom is -0.352 e. The molecule has 3 aromatic rings. The number of hydrogen-bond acceptors (Lipinski definition) is 4. The van der Waals surface area contributed by atoms with Crippen LogP contribution in [-0.4, -0.2) is 44.3 Å². The van der Waals surface area contributed by atoms with Crippen molar-refractivity contribution in [2.24, 2.45) is 0 Å². The lowest BCUT2D eigenvalue weighted by Gasteiger charge is -2.16. The summed E-state index contributed by atoms with van der Waals surface area (Å²) in [6, 6.07) is 3.57. The van der Waals surface area contributed by atoms with Gasteiger partial charge in [0.25, 0.3) is 5.91 Å². The molecule has 0 fully saturated rings. The molecule has 3 heterocycles. The van der Waals surface area contributed by atoms with Crippen LogP contribution >= 0.6 is 0 Å². The van der Waals surface area contributed by atoms with Gasteiger partial charge in [-0.1, -0.05) is 6.92 Å². The first-order valence-corrected chi connectivity index (χ1v) is 9.14. The van der Waals surface area contributed by atoms with Gasteiger partial charge in [0.1, 0.15) is 11.5 Å². The van der Waals surface area contributed by atoms with Crippen LogP contribution in [0.25, 0.3) is 5.65 Å². The molecule has 0 aliphatic carbocycles. The molecule has 0 unspecified atom stereocenters. The summed E-state index contributed by atoms with van der Waals surface area (Å²) in [6.07, 6.45) is 9.45. The minimum absolute atomic E-state index is 0.144. The van der Waals surface area contributed by atoms with Crippen LogP contribution in [0.1, 0.15) is 36.3 Å². The van der Waals surface area contributed by atoms with E-state index in [9.17, 15) is 9.59 Å². The van der Waals surface area contributed by atoms with Crippen molar-refractivity contribution >= 4 is 23.8 Å². The van der Waals surface area contributed by atoms with Gasteiger partial charge in [-0.3, -0.25) is 18.9 Å². The van der Waals surface area contributed by atoms with Crippen molar-refractivity contribution in [3.8, 4) is 0 Å². The lowest BCUT2D eigenvalue weighted by molar-refractivity contribution is -0.107. The molecular weight excluding hydrogens is 344 g/mol. The highest BCUT2D eigenvalue weighted by Crippen LogP contribution is 2.23. The van der Waals surface area contributed by atoms with E-state index in [0.717, 1.165) is 36.5 Å². The van der Waals surface area contributed by atoms with Crippen molar-refractivity contribution in [3.63, 3.8) is 0 Å². The number of imidazole rings is 2. The lowest BCUT2D eigenvalue weighted by atomic mass is 10.2. The first-order chi connectivity index (χ1) is 13.2. The van der Waals surface area contributed by atoms with Crippen molar-refractivity contribution in [2.45, 2.75) is 33.2 Å². The van der Waals surface area contributed by atoms with Gasteiger partial charge in [0.2, 0.25) is 6.41 Å². The average Bonchev–Trinajstić information content (AvgIpc) is 3.33. The predicted molar refractivity (Wildman–Crippen MR) is 103 cm³/mol. The maximum absolute atomic E-state index is 12.5. The number of aryl methyl sites for hydroxylation is 2. The Kier molecular flexibility index (Phi) is 5.85. The molecule has 27 heavy (non-hydrogen) atoms. The zero-order valence-corrected chi connectivity index (χ0v) is 15.6. The topological polar surface area (TPSA) is 84.5 Å². The third kappa shape index (κ3) is 3.99. The smallest absolute Gasteiger partial charge is 0.252 e. The van der Waals surface area contributed by atoms with Crippen molar-refractivity contribution in [2.75, 3.05) is 18.0 Å². The molecule has 0 bridgehead atoms. The third-order valence-corrected chi connectivity index (χ3v) is 4.44. The number of carbonyl (C=O) groups excluding carboxylic acids is 2. The second-order valence-corrected chi connectivity index (χ2v) is 6.18. The second-order valence-electron chi connectivity index (χ2n) is 6.18. The van der Waals surface area contributed by atoms with E-state index in [-0.39, 0.29) is 5.91 Å². The van der Waals surface area contributed by atoms with Crippen LogP contribution < -0.4 is 10.2 Å². The molecular formula is C19H24N6O2. The monoisotopic (exact) mass is 368 g/mol. The number of hydrogen-bond donors (Lipinski definition) is 1. The Hall–Kier alpha value is -3.16. The molecule has 0 saturated carbocycles. The summed E-state index contributed by atoms with van der Waals surface area (Å²) >= 11 is 0. The Morgan fingerprint density at radius 2 is 2.19 bits per heavy atom. The molecule has 142 valence electrons. The van der Waals surface area contributed by atoms with E-state index in [2.05, 4.69) is 15.3 Å². The number of nitrogens with zero attached hydrogens (tertiary/aromatic N) is 5. The van der Waals surface area contributed by atoms with Gasteiger partial charge in [0.15, 0.2) is 0 Å². The quantitative estimate of drug-likeness (QED) is 0.462. The molecule has 0 aliphatic rings. The molecule has 1 N–H and O–H groups in total. The Balaban J connectivity index is 1.75. The summed E-state index contributed by atoms with van der Waals surface area (Å²) in [5, 5.41) is 2.93. The van der Waals surface area contributed by atoms with E-state index >= 15 is 0 Å². The van der Waals surface area contributed by atoms with Gasteiger partial charge in [-0.2, -0.15) is 0 Å². The zero-order valence-electron chi connectivity index (χ0n) is 15.6. The highest BCUT2D eigenvalue weighted by molar-refractivity contribution is 5.94. The first kappa shape index (κ1) is 18.6. The van der Waals surface area contributed by atoms with Gasteiger partial charge in [-0.25, -0.2) is 9.97 Å². The molecule has 0 aliphatic heterocycles. The van der Waals surface area contributed by atoms with Gasteiger partial charge in [-0.15, -0.1) is 0 Å². The summed E-state index contributed by atoms with van der Waals surface area (Å²) in [4.78, 5) is 34.1. The molecule has 0 saturated heterocycles. The zero-order chi connectivity index (χ0) is 19.2. The molecule has 0 spiro atoms. The minimum atomic E-state index is -0.144. The molecule has 8 nitrogen and oxygen atoms in total. The van der Waals surface area contributed by atoms with Crippen LogP contribution in [0.5, 0.6) is 0 Å². The van der Waals surface area contributed by atoms with Gasteiger partial charge >= 0.3 is 0 Å². The van der Waals surface area contributed by atoms with E-state index in [1.165, 1.54) is 0 Å². The van der Waals surface area contributed by atoms with Crippen molar-refractivity contribution in [3.05, 3.63) is 48.3 Å². The SMILES string of the molecule is CCc1nc2ccc(C(=O)NCCCn3ccnc3)cn2c1N(C=O)CC. The van der Waals surface area contributed by atoms with E-state index < -0.39 is 0 Å². The maximum atomic E-state index is 12.5. The van der Waals surface area contributed by atoms with Gasteiger partial charge < -0.3 is 9.88 Å². The highest BCUT2D eigenvalue weighted by Gasteiger charge is 2.17. The number of fused-ring (bicyclic) bond motifs is 1. The largest absolute Gasteiger partial charge is 0.352 e. The summed E-state index contributed by atoms with van der Waals surface area (Å²) in [5.41, 5.74) is 2.09. The van der Waals surface area contributed by atoms with Crippen LogP contribution in [0.2, 0.25) is 0 Å². The molecule has 8 heteroatoms. The molecule has 3 rings (SSSR count). The highest BCUT2D eigenvalue weighted by atomic mass is 16.1. The molecule has 0 aromatic carbocycles. The normalized spacial score (nSPS) is 10.9. The van der Waals surface area contributed by atoms with E-state index in [4.69, 9.17) is 0 Å². The number of nitrogens with one attached hydrogen (secondary N) is 1. The lowest BCUT2D eigenvalue weighted by Crippen LogP contribution is -2.26. The number of aromatic nitrogens is 4. The number of pyridine rings is 1. The van der Waals surface area contributed by atoms with Crippen molar-refractivity contribution in [1.82, 2.24) is 24.3 Å². The molecule has 2 amide bonds. The number of amides is 2. The molecule has 0 atom stereocenters. The predicted octanol–water partition coefficient (Wildman–Crippen LogP) is 1.90. The first-order valence-electron chi connectivity index (χ1n) is 9.14. The van der Waals surface area contributed by atoms with Crippen LogP contribution in [0.15, 0.2) is 37.1 Å². The van der Waals surface area contributed by atoms with E-state index in [1.54, 1.807) is 29.7 Å². The van der Waals surface area contributed by atoms with E-state index in [0.29, 0.717) is 25.1 Å². The number of anilines is 1. The molecule has 0 radical (unpaired) electrons. The Labute approximate surface area is 157 Å².